The molecule has 0 aromatic carbocycles. The first-order valence-corrected chi connectivity index (χ1v) is 4.01. The van der Waals surface area contributed by atoms with Gasteiger partial charge in [-0.25, -0.2) is 0 Å². The third kappa shape index (κ3) is 1.54. The molecule has 68 valence electrons. The van der Waals surface area contributed by atoms with Gasteiger partial charge in [0.05, 0.1) is 11.3 Å². The summed E-state index contributed by atoms with van der Waals surface area (Å²) in [4.78, 5) is 3.85. The van der Waals surface area contributed by atoms with Crippen molar-refractivity contribution in [3.05, 3.63) is 36.3 Å². The Morgan fingerprint density at radius 3 is 3.07 bits per heavy atom. The molecule has 0 unspecified atom stereocenters. The molecule has 0 spiro atoms. The molecule has 0 radical (unpaired) electrons. The van der Waals surface area contributed by atoms with Gasteiger partial charge < -0.3 is 5.32 Å². The summed E-state index contributed by atoms with van der Waals surface area (Å²) in [6.07, 6.45) is 4.83. The van der Waals surface area contributed by atoms with Crippen molar-refractivity contribution < 1.29 is 0 Å². The molecule has 0 bridgehead atoms. The SMILES string of the molecule is N#Cc1cnccc1Nc1cc[nH]n1. The van der Waals surface area contributed by atoms with E-state index in [4.69, 9.17) is 5.26 Å². The maximum Gasteiger partial charge on any atom is 0.152 e. The molecule has 5 nitrogen and oxygen atoms in total. The standard InChI is InChI=1S/C9H7N5/c10-5-7-6-11-3-1-8(7)13-9-2-4-12-14-9/h1-4,6H,(H2,11,12,13,14). The lowest BCUT2D eigenvalue weighted by Crippen LogP contribution is -1.94. The molecular weight excluding hydrogens is 178 g/mol. The van der Waals surface area contributed by atoms with E-state index in [1.165, 1.54) is 6.20 Å². The summed E-state index contributed by atoms with van der Waals surface area (Å²) in [5.74, 6) is 0.674. The van der Waals surface area contributed by atoms with Crippen LogP contribution in [-0.4, -0.2) is 15.2 Å². The first-order chi connectivity index (χ1) is 6.90. The lowest BCUT2D eigenvalue weighted by atomic mass is 10.2. The van der Waals surface area contributed by atoms with Crippen molar-refractivity contribution in [1.82, 2.24) is 15.2 Å². The van der Waals surface area contributed by atoms with Gasteiger partial charge in [0.25, 0.3) is 0 Å². The van der Waals surface area contributed by atoms with Crippen LogP contribution in [0.1, 0.15) is 5.56 Å². The van der Waals surface area contributed by atoms with Crippen molar-refractivity contribution in [3.63, 3.8) is 0 Å². The summed E-state index contributed by atoms with van der Waals surface area (Å²) in [5, 5.41) is 18.4. The van der Waals surface area contributed by atoms with Crippen LogP contribution in [0.15, 0.2) is 30.7 Å². The monoisotopic (exact) mass is 185 g/mol. The minimum Gasteiger partial charge on any atom is -0.338 e. The number of H-pyrrole nitrogens is 1. The Kier molecular flexibility index (Phi) is 2.11. The Morgan fingerprint density at radius 2 is 2.36 bits per heavy atom. The van der Waals surface area contributed by atoms with Crippen molar-refractivity contribution in [2.24, 2.45) is 0 Å². The smallest absolute Gasteiger partial charge is 0.152 e. The first-order valence-electron chi connectivity index (χ1n) is 4.01. The molecule has 0 saturated carbocycles. The second kappa shape index (κ2) is 3.58. The molecule has 0 saturated heterocycles. The lowest BCUT2D eigenvalue weighted by molar-refractivity contribution is 1.09. The molecule has 14 heavy (non-hydrogen) atoms. The quantitative estimate of drug-likeness (QED) is 0.741. The molecule has 2 aromatic heterocycles. The minimum absolute atomic E-state index is 0.496. The number of rotatable bonds is 2. The van der Waals surface area contributed by atoms with Gasteiger partial charge in [0.1, 0.15) is 6.07 Å². The summed E-state index contributed by atoms with van der Waals surface area (Å²) < 4.78 is 0. The van der Waals surface area contributed by atoms with E-state index in [0.29, 0.717) is 17.1 Å². The molecular formula is C9H7N5. The number of aromatic nitrogens is 3. The fourth-order valence-corrected chi connectivity index (χ4v) is 1.06. The fraction of sp³-hybridized carbons (Fsp3) is 0. The number of hydrogen-bond acceptors (Lipinski definition) is 4. The van der Waals surface area contributed by atoms with Crippen molar-refractivity contribution in [2.75, 3.05) is 5.32 Å². The molecule has 0 aliphatic heterocycles. The number of pyridine rings is 1. The van der Waals surface area contributed by atoms with Crippen LogP contribution in [-0.2, 0) is 0 Å². The van der Waals surface area contributed by atoms with E-state index in [-0.39, 0.29) is 0 Å². The summed E-state index contributed by atoms with van der Waals surface area (Å²) in [5.41, 5.74) is 1.20. The van der Waals surface area contributed by atoms with Gasteiger partial charge in [0, 0.05) is 24.7 Å². The van der Waals surface area contributed by atoms with Gasteiger partial charge in [-0.05, 0) is 6.07 Å². The lowest BCUT2D eigenvalue weighted by Gasteiger charge is -2.02. The van der Waals surface area contributed by atoms with Crippen LogP contribution < -0.4 is 5.32 Å². The Balaban J connectivity index is 2.30. The van der Waals surface area contributed by atoms with Gasteiger partial charge in [0.15, 0.2) is 5.82 Å². The molecule has 2 N–H and O–H groups in total. The number of anilines is 2. The Bertz CT molecular complexity index is 454. The van der Waals surface area contributed by atoms with Gasteiger partial charge in [0.2, 0.25) is 0 Å². The van der Waals surface area contributed by atoms with Gasteiger partial charge in [-0.15, -0.1) is 0 Å². The highest BCUT2D eigenvalue weighted by molar-refractivity contribution is 5.62. The van der Waals surface area contributed by atoms with Crippen LogP contribution >= 0.6 is 0 Å². The molecule has 0 aliphatic carbocycles. The van der Waals surface area contributed by atoms with Crippen LogP contribution in [0.5, 0.6) is 0 Å². The van der Waals surface area contributed by atoms with Gasteiger partial charge in [-0.2, -0.15) is 10.4 Å². The highest BCUT2D eigenvalue weighted by atomic mass is 15.2. The summed E-state index contributed by atoms with van der Waals surface area (Å²) in [6, 6.07) is 5.55. The number of aromatic amines is 1. The third-order valence-corrected chi connectivity index (χ3v) is 1.71. The largest absolute Gasteiger partial charge is 0.338 e. The molecule has 2 heterocycles. The van der Waals surface area contributed by atoms with E-state index in [1.807, 2.05) is 6.07 Å². The van der Waals surface area contributed by atoms with Crippen LogP contribution in [0.2, 0.25) is 0 Å². The van der Waals surface area contributed by atoms with Gasteiger partial charge >= 0.3 is 0 Å². The predicted octanol–water partition coefficient (Wildman–Crippen LogP) is 1.42. The van der Waals surface area contributed by atoms with Crippen molar-refractivity contribution in [1.29, 1.82) is 5.26 Å². The highest BCUT2D eigenvalue weighted by Crippen LogP contribution is 2.16. The van der Waals surface area contributed by atoms with Crippen molar-refractivity contribution in [2.45, 2.75) is 0 Å². The number of hydrogen-bond donors (Lipinski definition) is 2. The highest BCUT2D eigenvalue weighted by Gasteiger charge is 2.01. The van der Waals surface area contributed by atoms with Gasteiger partial charge in [-0.3, -0.25) is 10.1 Å². The van der Waals surface area contributed by atoms with E-state index in [1.54, 1.807) is 24.5 Å². The van der Waals surface area contributed by atoms with E-state index >= 15 is 0 Å². The second-order valence-corrected chi connectivity index (χ2v) is 2.62. The average molecular weight is 185 g/mol. The van der Waals surface area contributed by atoms with Crippen molar-refractivity contribution >= 4 is 11.5 Å². The van der Waals surface area contributed by atoms with Gasteiger partial charge in [-0.1, -0.05) is 0 Å². The summed E-state index contributed by atoms with van der Waals surface area (Å²) in [7, 11) is 0. The Hall–Kier alpha value is -2.35. The summed E-state index contributed by atoms with van der Waals surface area (Å²) >= 11 is 0. The third-order valence-electron chi connectivity index (χ3n) is 1.71. The maximum absolute atomic E-state index is 8.79. The zero-order chi connectivity index (χ0) is 9.80. The first kappa shape index (κ1) is 8.26. The second-order valence-electron chi connectivity index (χ2n) is 2.62. The van der Waals surface area contributed by atoms with E-state index in [0.717, 1.165) is 0 Å². The van der Waals surface area contributed by atoms with E-state index in [9.17, 15) is 0 Å². The van der Waals surface area contributed by atoms with Crippen LogP contribution in [0.3, 0.4) is 0 Å². The normalized spacial score (nSPS) is 9.36. The van der Waals surface area contributed by atoms with E-state index in [2.05, 4.69) is 20.5 Å². The van der Waals surface area contributed by atoms with Crippen LogP contribution in [0, 0.1) is 11.3 Å². The Morgan fingerprint density at radius 1 is 1.43 bits per heavy atom. The predicted molar refractivity (Wildman–Crippen MR) is 50.8 cm³/mol. The molecule has 0 aliphatic rings. The zero-order valence-electron chi connectivity index (χ0n) is 7.23. The number of nitrogens with zero attached hydrogens (tertiary/aromatic N) is 3. The summed E-state index contributed by atoms with van der Waals surface area (Å²) in [6.45, 7) is 0. The molecule has 0 amide bonds. The van der Waals surface area contributed by atoms with Crippen molar-refractivity contribution in [3.8, 4) is 6.07 Å². The topological polar surface area (TPSA) is 77.4 Å². The van der Waals surface area contributed by atoms with Crippen LogP contribution in [0.4, 0.5) is 11.5 Å². The van der Waals surface area contributed by atoms with E-state index < -0.39 is 0 Å². The average Bonchev–Trinajstić information content (AvgIpc) is 2.71. The zero-order valence-corrected chi connectivity index (χ0v) is 7.23. The minimum atomic E-state index is 0.496. The number of nitrogens with one attached hydrogen (secondary N) is 2. The molecule has 2 rings (SSSR count). The molecule has 0 fully saturated rings. The molecule has 2 aromatic rings. The van der Waals surface area contributed by atoms with Crippen LogP contribution in [0.25, 0.3) is 0 Å². The number of nitriles is 1. The Labute approximate surface area is 80.4 Å². The molecule has 0 atom stereocenters. The molecule has 5 heteroatoms. The maximum atomic E-state index is 8.79. The fourth-order valence-electron chi connectivity index (χ4n) is 1.06.